The van der Waals surface area contributed by atoms with E-state index in [1.165, 1.54) is 0 Å². The van der Waals surface area contributed by atoms with Gasteiger partial charge in [-0.15, -0.1) is 0 Å². The van der Waals surface area contributed by atoms with Gasteiger partial charge in [0.2, 0.25) is 0 Å². The average Bonchev–Trinajstić information content (AvgIpc) is 2.26. The molecule has 0 radical (unpaired) electrons. The molecule has 0 unspecified atom stereocenters. The van der Waals surface area contributed by atoms with Gasteiger partial charge < -0.3 is 10.4 Å². The smallest absolute Gasteiger partial charge is 0.150 e. The molecule has 0 atom stereocenters. The van der Waals surface area contributed by atoms with Crippen molar-refractivity contribution < 1.29 is 13.9 Å². The molecule has 1 aliphatic carbocycles. The van der Waals surface area contributed by atoms with Crippen LogP contribution >= 0.6 is 0 Å². The Kier molecular flexibility index (Phi) is 2.99. The van der Waals surface area contributed by atoms with E-state index < -0.39 is 17.2 Å². The second-order valence-electron chi connectivity index (χ2n) is 4.34. The van der Waals surface area contributed by atoms with Crippen molar-refractivity contribution in [2.24, 2.45) is 0 Å². The average molecular weight is 238 g/mol. The summed E-state index contributed by atoms with van der Waals surface area (Å²) in [7, 11) is 0. The molecular formula is C12H12F2N2O. The number of rotatable bonds is 3. The molecule has 1 aromatic carbocycles. The van der Waals surface area contributed by atoms with Gasteiger partial charge in [0, 0.05) is 0 Å². The van der Waals surface area contributed by atoms with Crippen LogP contribution in [0.3, 0.4) is 0 Å². The van der Waals surface area contributed by atoms with Crippen LogP contribution in [0.15, 0.2) is 12.1 Å². The Labute approximate surface area is 97.7 Å². The Morgan fingerprint density at radius 1 is 1.35 bits per heavy atom. The predicted molar refractivity (Wildman–Crippen MR) is 58.4 cm³/mol. The van der Waals surface area contributed by atoms with Gasteiger partial charge in [-0.05, 0) is 31.4 Å². The van der Waals surface area contributed by atoms with Crippen LogP contribution in [-0.2, 0) is 0 Å². The molecule has 0 saturated heterocycles. The van der Waals surface area contributed by atoms with E-state index in [1.54, 1.807) is 6.07 Å². The zero-order chi connectivity index (χ0) is 12.5. The molecule has 1 aliphatic rings. The fraction of sp³-hybridized carbons (Fsp3) is 0.417. The lowest BCUT2D eigenvalue weighted by molar-refractivity contribution is 0.143. The van der Waals surface area contributed by atoms with E-state index in [2.05, 4.69) is 5.32 Å². The largest absolute Gasteiger partial charge is 0.394 e. The van der Waals surface area contributed by atoms with Crippen LogP contribution in [0.1, 0.15) is 24.8 Å². The highest BCUT2D eigenvalue weighted by atomic mass is 19.1. The number of halogens is 2. The van der Waals surface area contributed by atoms with Gasteiger partial charge in [-0.25, -0.2) is 8.78 Å². The van der Waals surface area contributed by atoms with Crippen LogP contribution in [0.2, 0.25) is 0 Å². The number of nitriles is 1. The fourth-order valence-electron chi connectivity index (χ4n) is 1.95. The van der Waals surface area contributed by atoms with E-state index in [4.69, 9.17) is 5.26 Å². The highest BCUT2D eigenvalue weighted by molar-refractivity contribution is 5.52. The lowest BCUT2D eigenvalue weighted by Gasteiger charge is -2.41. The summed E-state index contributed by atoms with van der Waals surface area (Å²) in [6, 6.07) is 3.65. The van der Waals surface area contributed by atoms with E-state index in [9.17, 15) is 13.9 Å². The standard InChI is InChI=1S/C12H12F2N2O/c13-9-4-8(6-15)5-10(14)11(9)16-12(7-17)2-1-3-12/h4-5,16-17H,1-3,7H2. The molecule has 0 amide bonds. The first-order chi connectivity index (χ1) is 8.10. The third kappa shape index (κ3) is 2.08. The number of hydrogen-bond donors (Lipinski definition) is 2. The Bertz CT molecular complexity index is 449. The monoisotopic (exact) mass is 238 g/mol. The number of anilines is 1. The summed E-state index contributed by atoms with van der Waals surface area (Å²) in [5.41, 5.74) is -0.939. The highest BCUT2D eigenvalue weighted by Gasteiger charge is 2.37. The molecule has 0 aromatic heterocycles. The van der Waals surface area contributed by atoms with Gasteiger partial charge >= 0.3 is 0 Å². The van der Waals surface area contributed by atoms with E-state index in [-0.39, 0.29) is 17.9 Å². The van der Waals surface area contributed by atoms with E-state index in [0.717, 1.165) is 18.6 Å². The van der Waals surface area contributed by atoms with Gasteiger partial charge in [-0.3, -0.25) is 0 Å². The van der Waals surface area contributed by atoms with Crippen molar-refractivity contribution in [1.29, 1.82) is 5.26 Å². The minimum Gasteiger partial charge on any atom is -0.394 e. The second-order valence-corrected chi connectivity index (χ2v) is 4.34. The summed E-state index contributed by atoms with van der Waals surface area (Å²) in [5, 5.41) is 20.5. The zero-order valence-corrected chi connectivity index (χ0v) is 9.13. The van der Waals surface area contributed by atoms with Crippen molar-refractivity contribution in [3.63, 3.8) is 0 Å². The maximum absolute atomic E-state index is 13.6. The number of benzene rings is 1. The van der Waals surface area contributed by atoms with Crippen LogP contribution in [0.4, 0.5) is 14.5 Å². The van der Waals surface area contributed by atoms with Crippen molar-refractivity contribution in [3.05, 3.63) is 29.3 Å². The Hall–Kier alpha value is -1.67. The topological polar surface area (TPSA) is 56.0 Å². The molecular weight excluding hydrogens is 226 g/mol. The first kappa shape index (κ1) is 11.8. The molecule has 1 aromatic rings. The van der Waals surface area contributed by atoms with Crippen molar-refractivity contribution in [3.8, 4) is 6.07 Å². The lowest BCUT2D eigenvalue weighted by atomic mass is 9.77. The number of nitrogens with zero attached hydrogens (tertiary/aromatic N) is 1. The van der Waals surface area contributed by atoms with E-state index in [0.29, 0.717) is 12.8 Å². The number of aliphatic hydroxyl groups is 1. The van der Waals surface area contributed by atoms with Crippen molar-refractivity contribution in [2.75, 3.05) is 11.9 Å². The first-order valence-electron chi connectivity index (χ1n) is 5.38. The molecule has 5 heteroatoms. The molecule has 90 valence electrons. The van der Waals surface area contributed by atoms with Gasteiger partial charge in [-0.2, -0.15) is 5.26 Å². The van der Waals surface area contributed by atoms with Crippen LogP contribution in [-0.4, -0.2) is 17.3 Å². The molecule has 0 heterocycles. The van der Waals surface area contributed by atoms with Crippen LogP contribution in [0.5, 0.6) is 0 Å². The van der Waals surface area contributed by atoms with E-state index in [1.807, 2.05) is 0 Å². The third-order valence-electron chi connectivity index (χ3n) is 3.17. The minimum absolute atomic E-state index is 0.0581. The van der Waals surface area contributed by atoms with E-state index >= 15 is 0 Å². The first-order valence-corrected chi connectivity index (χ1v) is 5.38. The number of nitrogens with one attached hydrogen (secondary N) is 1. The van der Waals surface area contributed by atoms with Crippen LogP contribution in [0, 0.1) is 23.0 Å². The van der Waals surface area contributed by atoms with Gasteiger partial charge in [0.15, 0.2) is 11.6 Å². The molecule has 17 heavy (non-hydrogen) atoms. The molecule has 2 N–H and O–H groups in total. The molecule has 0 aliphatic heterocycles. The molecule has 2 rings (SSSR count). The van der Waals surface area contributed by atoms with Gasteiger partial charge in [0.25, 0.3) is 0 Å². The SMILES string of the molecule is N#Cc1cc(F)c(NC2(CO)CCC2)c(F)c1. The summed E-state index contributed by atoms with van der Waals surface area (Å²) in [6.07, 6.45) is 2.29. The highest BCUT2D eigenvalue weighted by Crippen LogP contribution is 2.36. The van der Waals surface area contributed by atoms with Crippen molar-refractivity contribution in [2.45, 2.75) is 24.8 Å². The molecule has 0 bridgehead atoms. The minimum atomic E-state index is -0.804. The molecule has 3 nitrogen and oxygen atoms in total. The second kappa shape index (κ2) is 4.30. The predicted octanol–water partition coefficient (Wildman–Crippen LogP) is 2.16. The fourth-order valence-corrected chi connectivity index (χ4v) is 1.95. The quantitative estimate of drug-likeness (QED) is 0.848. The van der Waals surface area contributed by atoms with Crippen LogP contribution < -0.4 is 5.32 Å². The molecule has 0 spiro atoms. The van der Waals surface area contributed by atoms with Crippen molar-refractivity contribution >= 4 is 5.69 Å². The number of hydrogen-bond acceptors (Lipinski definition) is 3. The Morgan fingerprint density at radius 2 is 1.94 bits per heavy atom. The summed E-state index contributed by atoms with van der Waals surface area (Å²) in [6.45, 7) is -0.161. The summed E-state index contributed by atoms with van der Waals surface area (Å²) >= 11 is 0. The maximum atomic E-state index is 13.6. The Morgan fingerprint density at radius 3 is 2.29 bits per heavy atom. The normalized spacial score (nSPS) is 17.1. The zero-order valence-electron chi connectivity index (χ0n) is 9.13. The van der Waals surface area contributed by atoms with Gasteiger partial charge in [0.1, 0.15) is 5.69 Å². The molecule has 1 saturated carbocycles. The van der Waals surface area contributed by atoms with Gasteiger partial charge in [-0.1, -0.05) is 0 Å². The summed E-state index contributed by atoms with van der Waals surface area (Å²) < 4.78 is 27.2. The maximum Gasteiger partial charge on any atom is 0.150 e. The van der Waals surface area contributed by atoms with Gasteiger partial charge in [0.05, 0.1) is 23.8 Å². The number of aliphatic hydroxyl groups excluding tert-OH is 1. The van der Waals surface area contributed by atoms with Crippen LogP contribution in [0.25, 0.3) is 0 Å². The lowest BCUT2D eigenvalue weighted by Crippen LogP contribution is -2.48. The Balaban J connectivity index is 2.30. The summed E-state index contributed by atoms with van der Waals surface area (Å²) in [4.78, 5) is 0. The van der Waals surface area contributed by atoms with Crippen molar-refractivity contribution in [1.82, 2.24) is 0 Å². The molecule has 1 fully saturated rings. The third-order valence-corrected chi connectivity index (χ3v) is 3.17. The summed E-state index contributed by atoms with van der Waals surface area (Å²) in [5.74, 6) is -1.61.